The number of nitrogens with zero attached hydrogens (tertiary/aromatic N) is 4. The molecule has 104 valence electrons. The number of aromatic nitrogens is 4. The Bertz CT molecular complexity index is 558. The molecule has 2 aromatic rings. The number of nitrogens with one attached hydrogen (secondary N) is 1. The van der Waals surface area contributed by atoms with Gasteiger partial charge < -0.3 is 5.32 Å². The first-order valence-electron chi connectivity index (χ1n) is 6.94. The third-order valence-electron chi connectivity index (χ3n) is 3.71. The lowest BCUT2D eigenvalue weighted by Crippen LogP contribution is -2.15. The monoisotopic (exact) mass is 271 g/mol. The predicted octanol–water partition coefficient (Wildman–Crippen LogP) is 2.18. The molecule has 1 amide bonds. The first-order valence-corrected chi connectivity index (χ1v) is 6.94. The van der Waals surface area contributed by atoms with Crippen molar-refractivity contribution in [3.05, 3.63) is 30.6 Å². The lowest BCUT2D eigenvalue weighted by molar-refractivity contribution is -0.117. The molecule has 1 N–H and O–H groups in total. The van der Waals surface area contributed by atoms with Gasteiger partial charge in [0.05, 0.1) is 5.69 Å². The van der Waals surface area contributed by atoms with E-state index in [-0.39, 0.29) is 5.91 Å². The van der Waals surface area contributed by atoms with Gasteiger partial charge in [0.1, 0.15) is 6.33 Å². The SMILES string of the molecule is O=C(CC1CCCC1)Nc1ccc(-n2cnnn2)cc1. The van der Waals surface area contributed by atoms with E-state index in [4.69, 9.17) is 0 Å². The third kappa shape index (κ3) is 3.01. The molecule has 1 aromatic heterocycles. The zero-order valence-corrected chi connectivity index (χ0v) is 11.2. The van der Waals surface area contributed by atoms with Gasteiger partial charge in [0.15, 0.2) is 0 Å². The molecule has 1 aliphatic rings. The number of hydrogen-bond donors (Lipinski definition) is 1. The van der Waals surface area contributed by atoms with Crippen molar-refractivity contribution in [1.29, 1.82) is 0 Å². The lowest BCUT2D eigenvalue weighted by Gasteiger charge is -2.10. The second-order valence-electron chi connectivity index (χ2n) is 5.20. The van der Waals surface area contributed by atoms with Gasteiger partial charge in [-0.25, -0.2) is 4.68 Å². The van der Waals surface area contributed by atoms with Gasteiger partial charge in [0.2, 0.25) is 5.91 Å². The van der Waals surface area contributed by atoms with Crippen molar-refractivity contribution >= 4 is 11.6 Å². The Morgan fingerprint density at radius 3 is 2.65 bits per heavy atom. The first-order chi connectivity index (χ1) is 9.81. The van der Waals surface area contributed by atoms with Crippen molar-refractivity contribution in [2.24, 2.45) is 5.92 Å². The average Bonchev–Trinajstić information content (AvgIpc) is 3.12. The van der Waals surface area contributed by atoms with Gasteiger partial charge in [0, 0.05) is 12.1 Å². The highest BCUT2D eigenvalue weighted by molar-refractivity contribution is 5.90. The van der Waals surface area contributed by atoms with E-state index in [0.717, 1.165) is 11.4 Å². The number of hydrogen-bond acceptors (Lipinski definition) is 4. The van der Waals surface area contributed by atoms with Gasteiger partial charge in [-0.2, -0.15) is 0 Å². The summed E-state index contributed by atoms with van der Waals surface area (Å²) in [5, 5.41) is 13.9. The van der Waals surface area contributed by atoms with E-state index < -0.39 is 0 Å². The van der Waals surface area contributed by atoms with Crippen LogP contribution in [0.5, 0.6) is 0 Å². The summed E-state index contributed by atoms with van der Waals surface area (Å²) in [7, 11) is 0. The molecule has 0 spiro atoms. The molecule has 0 saturated heterocycles. The largest absolute Gasteiger partial charge is 0.326 e. The molecule has 20 heavy (non-hydrogen) atoms. The highest BCUT2D eigenvalue weighted by Crippen LogP contribution is 2.27. The fraction of sp³-hybridized carbons (Fsp3) is 0.429. The van der Waals surface area contributed by atoms with Crippen molar-refractivity contribution in [3.63, 3.8) is 0 Å². The molecule has 6 nitrogen and oxygen atoms in total. The number of benzene rings is 1. The Labute approximate surface area is 117 Å². The van der Waals surface area contributed by atoms with Crippen molar-refractivity contribution in [2.45, 2.75) is 32.1 Å². The zero-order chi connectivity index (χ0) is 13.8. The molecule has 1 heterocycles. The minimum absolute atomic E-state index is 0.104. The maximum absolute atomic E-state index is 11.9. The van der Waals surface area contributed by atoms with Crippen LogP contribution >= 0.6 is 0 Å². The van der Waals surface area contributed by atoms with Crippen LogP contribution in [0.3, 0.4) is 0 Å². The van der Waals surface area contributed by atoms with Crippen molar-refractivity contribution in [3.8, 4) is 5.69 Å². The summed E-state index contributed by atoms with van der Waals surface area (Å²) in [6.45, 7) is 0. The van der Waals surface area contributed by atoms with Crippen LogP contribution in [0, 0.1) is 5.92 Å². The molecule has 0 bridgehead atoms. The first kappa shape index (κ1) is 12.8. The molecule has 0 unspecified atom stereocenters. The summed E-state index contributed by atoms with van der Waals surface area (Å²) in [6, 6.07) is 7.48. The minimum Gasteiger partial charge on any atom is -0.326 e. The third-order valence-corrected chi connectivity index (χ3v) is 3.71. The maximum Gasteiger partial charge on any atom is 0.224 e. The van der Waals surface area contributed by atoms with E-state index in [9.17, 15) is 4.79 Å². The standard InChI is InChI=1S/C14H17N5O/c20-14(9-11-3-1-2-4-11)16-12-5-7-13(8-6-12)19-10-15-17-18-19/h5-8,10-11H,1-4,9H2,(H,16,20). The van der Waals surface area contributed by atoms with E-state index in [1.165, 1.54) is 32.0 Å². The van der Waals surface area contributed by atoms with E-state index in [2.05, 4.69) is 20.8 Å². The molecular formula is C14H17N5O. The Morgan fingerprint density at radius 2 is 2.00 bits per heavy atom. The van der Waals surface area contributed by atoms with Gasteiger partial charge in [-0.15, -0.1) is 5.10 Å². The second kappa shape index (κ2) is 5.81. The molecule has 1 fully saturated rings. The second-order valence-corrected chi connectivity index (χ2v) is 5.20. The lowest BCUT2D eigenvalue weighted by atomic mass is 10.0. The van der Waals surface area contributed by atoms with Gasteiger partial charge in [-0.05, 0) is 53.5 Å². The van der Waals surface area contributed by atoms with E-state index in [1.807, 2.05) is 24.3 Å². The number of tetrazole rings is 1. The van der Waals surface area contributed by atoms with Gasteiger partial charge in [-0.3, -0.25) is 4.79 Å². The molecule has 3 rings (SSSR count). The Balaban J connectivity index is 1.59. The Hall–Kier alpha value is -2.24. The maximum atomic E-state index is 11.9. The highest BCUT2D eigenvalue weighted by Gasteiger charge is 2.18. The molecule has 0 aliphatic heterocycles. The topological polar surface area (TPSA) is 72.7 Å². The number of carbonyl (C=O) groups excluding carboxylic acids is 1. The molecule has 0 radical (unpaired) electrons. The summed E-state index contributed by atoms with van der Waals surface area (Å²) in [5.41, 5.74) is 1.67. The van der Waals surface area contributed by atoms with Gasteiger partial charge in [0.25, 0.3) is 0 Å². The van der Waals surface area contributed by atoms with E-state index >= 15 is 0 Å². The fourth-order valence-electron chi connectivity index (χ4n) is 2.67. The number of carbonyl (C=O) groups is 1. The highest BCUT2D eigenvalue weighted by atomic mass is 16.1. The molecule has 1 saturated carbocycles. The summed E-state index contributed by atoms with van der Waals surface area (Å²) in [4.78, 5) is 11.9. The predicted molar refractivity (Wildman–Crippen MR) is 74.4 cm³/mol. The van der Waals surface area contributed by atoms with Crippen LogP contribution in [-0.2, 0) is 4.79 Å². The van der Waals surface area contributed by atoms with Crippen molar-refractivity contribution in [2.75, 3.05) is 5.32 Å². The quantitative estimate of drug-likeness (QED) is 0.925. The average molecular weight is 271 g/mol. The fourth-order valence-corrected chi connectivity index (χ4v) is 2.67. The summed E-state index contributed by atoms with van der Waals surface area (Å²) in [6.07, 6.45) is 7.07. The van der Waals surface area contributed by atoms with Crippen molar-refractivity contribution in [1.82, 2.24) is 20.2 Å². The van der Waals surface area contributed by atoms with Gasteiger partial charge >= 0.3 is 0 Å². The van der Waals surface area contributed by atoms with Crippen LogP contribution < -0.4 is 5.32 Å². The molecule has 0 atom stereocenters. The zero-order valence-electron chi connectivity index (χ0n) is 11.2. The number of anilines is 1. The van der Waals surface area contributed by atoms with E-state index in [1.54, 1.807) is 4.68 Å². The van der Waals surface area contributed by atoms with Crippen molar-refractivity contribution < 1.29 is 4.79 Å². The Kier molecular flexibility index (Phi) is 3.71. The molecular weight excluding hydrogens is 254 g/mol. The smallest absolute Gasteiger partial charge is 0.224 e. The molecule has 6 heteroatoms. The summed E-state index contributed by atoms with van der Waals surface area (Å²) in [5.74, 6) is 0.669. The normalized spacial score (nSPS) is 15.4. The van der Waals surface area contributed by atoms with Crippen LogP contribution in [0.2, 0.25) is 0 Å². The number of rotatable bonds is 4. The van der Waals surface area contributed by atoms with Crippen LogP contribution in [0.15, 0.2) is 30.6 Å². The molecule has 1 aliphatic carbocycles. The molecule has 1 aromatic carbocycles. The van der Waals surface area contributed by atoms with Crippen LogP contribution in [-0.4, -0.2) is 26.1 Å². The van der Waals surface area contributed by atoms with Crippen LogP contribution in [0.25, 0.3) is 5.69 Å². The van der Waals surface area contributed by atoms with Crippen LogP contribution in [0.1, 0.15) is 32.1 Å². The number of amides is 1. The Morgan fingerprint density at radius 1 is 1.25 bits per heavy atom. The minimum atomic E-state index is 0.104. The summed E-state index contributed by atoms with van der Waals surface area (Å²) < 4.78 is 1.57. The van der Waals surface area contributed by atoms with Crippen LogP contribution in [0.4, 0.5) is 5.69 Å². The summed E-state index contributed by atoms with van der Waals surface area (Å²) >= 11 is 0. The van der Waals surface area contributed by atoms with E-state index in [0.29, 0.717) is 12.3 Å². The van der Waals surface area contributed by atoms with Gasteiger partial charge in [-0.1, -0.05) is 12.8 Å².